The van der Waals surface area contributed by atoms with E-state index in [0.29, 0.717) is 21.3 Å². The van der Waals surface area contributed by atoms with Gasteiger partial charge < -0.3 is 4.74 Å². The molecule has 1 N–H and O–H groups in total. The number of sulfonamides is 1. The van der Waals surface area contributed by atoms with Crippen molar-refractivity contribution in [3.05, 3.63) is 40.4 Å². The summed E-state index contributed by atoms with van der Waals surface area (Å²) in [6.07, 6.45) is 5.65. The van der Waals surface area contributed by atoms with Crippen LogP contribution in [-0.2, 0) is 14.8 Å². The fourth-order valence-electron chi connectivity index (χ4n) is 4.18. The zero-order valence-corrected chi connectivity index (χ0v) is 18.2. The fourth-order valence-corrected chi connectivity index (χ4v) is 7.57. The van der Waals surface area contributed by atoms with Gasteiger partial charge in [-0.1, -0.05) is 11.6 Å². The van der Waals surface area contributed by atoms with Gasteiger partial charge >= 0.3 is 5.97 Å². The molecule has 2 aliphatic rings. The first-order valence-electron chi connectivity index (χ1n) is 8.86. The number of thiophene rings is 1. The lowest BCUT2D eigenvalue weighted by molar-refractivity contribution is 0.0147. The Morgan fingerprint density at radius 3 is 2.89 bits per heavy atom. The van der Waals surface area contributed by atoms with Crippen LogP contribution >= 0.6 is 34.7 Å². The summed E-state index contributed by atoms with van der Waals surface area (Å²) in [5.74, 6) is -0.253. The van der Waals surface area contributed by atoms with E-state index < -0.39 is 16.0 Å². The van der Waals surface area contributed by atoms with E-state index in [-0.39, 0.29) is 28.2 Å². The highest BCUT2D eigenvalue weighted by molar-refractivity contribution is 7.98. The molecule has 28 heavy (non-hydrogen) atoms. The largest absolute Gasteiger partial charge is 0.458 e. The van der Waals surface area contributed by atoms with Gasteiger partial charge in [0.2, 0.25) is 10.0 Å². The van der Waals surface area contributed by atoms with Crippen molar-refractivity contribution < 1.29 is 17.9 Å². The number of fused-ring (bicyclic) bond motifs is 2. The summed E-state index contributed by atoms with van der Waals surface area (Å²) in [4.78, 5) is 16.8. The van der Waals surface area contributed by atoms with Crippen molar-refractivity contribution in [3.63, 3.8) is 0 Å². The molecule has 6 nitrogen and oxygen atoms in total. The SMILES string of the molecule is CSc1ncccc1C(=O)OC1CC2CCC1C2NS(=O)(=O)c1ccc(Cl)s1. The van der Waals surface area contributed by atoms with Crippen LogP contribution in [-0.4, -0.2) is 37.8 Å². The first-order valence-corrected chi connectivity index (χ1v) is 12.8. The van der Waals surface area contributed by atoms with Crippen LogP contribution in [0.15, 0.2) is 39.7 Å². The lowest BCUT2D eigenvalue weighted by Crippen LogP contribution is -2.39. The maximum Gasteiger partial charge on any atom is 0.341 e. The smallest absolute Gasteiger partial charge is 0.341 e. The molecular formula is C18H19ClN2O4S3. The first-order chi connectivity index (χ1) is 13.4. The summed E-state index contributed by atoms with van der Waals surface area (Å²) < 4.78 is 34.6. The van der Waals surface area contributed by atoms with E-state index in [1.165, 1.54) is 17.8 Å². The Morgan fingerprint density at radius 2 is 2.18 bits per heavy atom. The maximum absolute atomic E-state index is 12.7. The van der Waals surface area contributed by atoms with Crippen molar-refractivity contribution in [2.45, 2.75) is 40.6 Å². The van der Waals surface area contributed by atoms with Gasteiger partial charge in [-0.05, 0) is 55.7 Å². The molecule has 2 fully saturated rings. The molecule has 2 saturated carbocycles. The standard InChI is InChI=1S/C18H19ClN2O4S3/c1-26-17-12(3-2-8-20-17)18(22)25-13-9-10-4-5-11(13)16(10)21-28(23,24)15-7-6-14(19)27-15/h2-3,6-8,10-11,13,16,21H,4-5,9H2,1H3. The van der Waals surface area contributed by atoms with Crippen LogP contribution in [0.4, 0.5) is 0 Å². The Hall–Kier alpha value is -1.13. The van der Waals surface area contributed by atoms with E-state index in [0.717, 1.165) is 24.2 Å². The summed E-state index contributed by atoms with van der Waals surface area (Å²) >= 11 is 8.30. The van der Waals surface area contributed by atoms with E-state index in [2.05, 4.69) is 9.71 Å². The normalized spacial score (nSPS) is 26.5. The van der Waals surface area contributed by atoms with Crippen molar-refractivity contribution >= 4 is 50.7 Å². The molecule has 0 radical (unpaired) electrons. The van der Waals surface area contributed by atoms with E-state index >= 15 is 0 Å². The topological polar surface area (TPSA) is 85.4 Å². The van der Waals surface area contributed by atoms with Gasteiger partial charge in [0.25, 0.3) is 0 Å². The molecular weight excluding hydrogens is 440 g/mol. The van der Waals surface area contributed by atoms with Crippen molar-refractivity contribution in [2.24, 2.45) is 11.8 Å². The zero-order chi connectivity index (χ0) is 19.9. The van der Waals surface area contributed by atoms with Gasteiger partial charge in [-0.15, -0.1) is 23.1 Å². The van der Waals surface area contributed by atoms with Crippen molar-refractivity contribution in [2.75, 3.05) is 6.26 Å². The fraction of sp³-hybridized carbons (Fsp3) is 0.444. The van der Waals surface area contributed by atoms with Crippen molar-refractivity contribution in [1.29, 1.82) is 0 Å². The van der Waals surface area contributed by atoms with Crippen molar-refractivity contribution in [3.8, 4) is 0 Å². The Bertz CT molecular complexity index is 994. The number of nitrogens with one attached hydrogen (secondary N) is 1. The number of carbonyl (C=O) groups is 1. The monoisotopic (exact) mass is 458 g/mol. The molecule has 0 aliphatic heterocycles. The number of halogens is 1. The van der Waals surface area contributed by atoms with Crippen LogP contribution in [0, 0.1) is 11.8 Å². The molecule has 4 atom stereocenters. The summed E-state index contributed by atoms with van der Waals surface area (Å²) in [6, 6.07) is 6.27. The molecule has 2 aliphatic carbocycles. The van der Waals surface area contributed by atoms with Crippen LogP contribution < -0.4 is 4.72 Å². The predicted octanol–water partition coefficient (Wildman–Crippen LogP) is 3.82. The van der Waals surface area contributed by atoms with Gasteiger partial charge in [0.1, 0.15) is 15.3 Å². The van der Waals surface area contributed by atoms with Crippen LogP contribution in [0.25, 0.3) is 0 Å². The minimum atomic E-state index is -3.63. The van der Waals surface area contributed by atoms with E-state index in [1.807, 2.05) is 6.26 Å². The molecule has 2 aromatic rings. The third kappa shape index (κ3) is 3.82. The van der Waals surface area contributed by atoms with E-state index in [4.69, 9.17) is 16.3 Å². The Morgan fingerprint density at radius 1 is 1.36 bits per heavy atom. The third-order valence-electron chi connectivity index (χ3n) is 5.40. The molecule has 150 valence electrons. The van der Waals surface area contributed by atoms with Gasteiger partial charge in [0, 0.05) is 18.2 Å². The third-order valence-corrected chi connectivity index (χ3v) is 9.29. The second-order valence-corrected chi connectivity index (χ2v) is 11.4. The second-order valence-electron chi connectivity index (χ2n) is 6.95. The van der Waals surface area contributed by atoms with Gasteiger partial charge in [0.05, 0.1) is 9.90 Å². The molecule has 4 rings (SSSR count). The van der Waals surface area contributed by atoms with Gasteiger partial charge in [0.15, 0.2) is 0 Å². The predicted molar refractivity (Wildman–Crippen MR) is 109 cm³/mol. The highest BCUT2D eigenvalue weighted by atomic mass is 35.5. The van der Waals surface area contributed by atoms with Gasteiger partial charge in [-0.2, -0.15) is 0 Å². The van der Waals surface area contributed by atoms with Gasteiger partial charge in [-0.25, -0.2) is 22.9 Å². The molecule has 2 heterocycles. The Labute approximate surface area is 177 Å². The quantitative estimate of drug-likeness (QED) is 0.523. The molecule has 4 unspecified atom stereocenters. The number of ether oxygens (including phenoxy) is 1. The molecule has 0 aromatic carbocycles. The number of carbonyl (C=O) groups excluding carboxylic acids is 1. The first kappa shape index (κ1) is 20.2. The Balaban J connectivity index is 1.47. The van der Waals surface area contributed by atoms with Crippen LogP contribution in [0.1, 0.15) is 29.6 Å². The molecule has 0 spiro atoms. The Kier molecular flexibility index (Phi) is 5.72. The number of hydrogen-bond donors (Lipinski definition) is 1. The second kappa shape index (κ2) is 7.95. The lowest BCUT2D eigenvalue weighted by atomic mass is 9.98. The average molecular weight is 459 g/mol. The van der Waals surface area contributed by atoms with Gasteiger partial charge in [-0.3, -0.25) is 0 Å². The maximum atomic E-state index is 12.7. The molecule has 0 saturated heterocycles. The zero-order valence-electron chi connectivity index (χ0n) is 15.0. The minimum absolute atomic E-state index is 0.0199. The molecule has 2 aromatic heterocycles. The van der Waals surface area contributed by atoms with Crippen molar-refractivity contribution in [1.82, 2.24) is 9.71 Å². The summed E-state index contributed by atoms with van der Waals surface area (Å²) in [6.45, 7) is 0. The highest BCUT2D eigenvalue weighted by Gasteiger charge is 2.51. The lowest BCUT2D eigenvalue weighted by Gasteiger charge is -2.23. The van der Waals surface area contributed by atoms with Crippen LogP contribution in [0.2, 0.25) is 4.34 Å². The number of thioether (sulfide) groups is 1. The number of hydrogen-bond acceptors (Lipinski definition) is 7. The molecule has 2 bridgehead atoms. The number of esters is 1. The summed E-state index contributed by atoms with van der Waals surface area (Å²) in [7, 11) is -3.63. The number of pyridine rings is 1. The number of aromatic nitrogens is 1. The molecule has 10 heteroatoms. The summed E-state index contributed by atoms with van der Waals surface area (Å²) in [5.41, 5.74) is 0.447. The van der Waals surface area contributed by atoms with E-state index in [9.17, 15) is 13.2 Å². The average Bonchev–Trinajstić information content (AvgIpc) is 3.36. The van der Waals surface area contributed by atoms with Crippen LogP contribution in [0.5, 0.6) is 0 Å². The van der Waals surface area contributed by atoms with Crippen LogP contribution in [0.3, 0.4) is 0 Å². The number of nitrogens with zero attached hydrogens (tertiary/aromatic N) is 1. The van der Waals surface area contributed by atoms with E-state index in [1.54, 1.807) is 24.4 Å². The minimum Gasteiger partial charge on any atom is -0.458 e. The highest BCUT2D eigenvalue weighted by Crippen LogP contribution is 2.47. The molecule has 0 amide bonds. The number of rotatable bonds is 6. The summed E-state index contributed by atoms with van der Waals surface area (Å²) in [5, 5.41) is 0.627.